The van der Waals surface area contributed by atoms with E-state index in [9.17, 15) is 0 Å². The molecule has 0 saturated carbocycles. The lowest BCUT2D eigenvalue weighted by Gasteiger charge is -2.19. The summed E-state index contributed by atoms with van der Waals surface area (Å²) >= 11 is 3.46. The molecular formula is C16H20BrN3. The average Bonchev–Trinajstić information content (AvgIpc) is 2.38. The van der Waals surface area contributed by atoms with Crippen LogP contribution in [0.5, 0.6) is 0 Å². The summed E-state index contributed by atoms with van der Waals surface area (Å²) in [4.78, 5) is 9.33. The molecule has 0 aliphatic heterocycles. The van der Waals surface area contributed by atoms with Gasteiger partial charge in [-0.3, -0.25) is 0 Å². The Labute approximate surface area is 129 Å². The van der Waals surface area contributed by atoms with E-state index in [0.717, 1.165) is 33.9 Å². The Balaban J connectivity index is 2.51. The van der Waals surface area contributed by atoms with Crippen LogP contribution in [0.25, 0.3) is 11.3 Å². The van der Waals surface area contributed by atoms with E-state index >= 15 is 0 Å². The van der Waals surface area contributed by atoms with Crippen LogP contribution in [-0.4, -0.2) is 16.5 Å². The van der Waals surface area contributed by atoms with Gasteiger partial charge in [0, 0.05) is 28.1 Å². The van der Waals surface area contributed by atoms with Gasteiger partial charge >= 0.3 is 0 Å². The lowest BCUT2D eigenvalue weighted by molar-refractivity contribution is 0.546. The van der Waals surface area contributed by atoms with Crippen LogP contribution in [0.15, 0.2) is 34.8 Å². The first kappa shape index (κ1) is 15.0. The first-order valence-corrected chi connectivity index (χ1v) is 7.59. The first-order valence-electron chi connectivity index (χ1n) is 6.79. The highest BCUT2D eigenvalue weighted by atomic mass is 79.9. The minimum absolute atomic E-state index is 0.0739. The fourth-order valence-corrected chi connectivity index (χ4v) is 2.09. The molecule has 0 radical (unpaired) electrons. The standard InChI is InChI=1S/C16H20BrN3/c1-5-18-14-10-13(11-6-8-12(17)9-7-11)19-15(20-14)16(2,3)4/h6-10H,5H2,1-4H3,(H,18,19,20). The number of halogens is 1. The maximum Gasteiger partial charge on any atom is 0.136 e. The molecule has 0 aliphatic rings. The van der Waals surface area contributed by atoms with E-state index in [4.69, 9.17) is 4.98 Å². The lowest BCUT2D eigenvalue weighted by atomic mass is 9.95. The molecule has 0 saturated heterocycles. The molecule has 1 aromatic heterocycles. The van der Waals surface area contributed by atoms with Crippen molar-refractivity contribution in [1.29, 1.82) is 0 Å². The van der Waals surface area contributed by atoms with Gasteiger partial charge in [-0.15, -0.1) is 0 Å². The molecule has 1 aromatic carbocycles. The molecule has 0 bridgehead atoms. The molecular weight excluding hydrogens is 314 g/mol. The third kappa shape index (κ3) is 3.57. The van der Waals surface area contributed by atoms with Crippen molar-refractivity contribution in [3.05, 3.63) is 40.6 Å². The molecule has 1 N–H and O–H groups in total. The number of rotatable bonds is 3. The van der Waals surface area contributed by atoms with Gasteiger partial charge in [0.25, 0.3) is 0 Å². The van der Waals surface area contributed by atoms with Crippen molar-refractivity contribution >= 4 is 21.7 Å². The van der Waals surface area contributed by atoms with Gasteiger partial charge in [-0.2, -0.15) is 0 Å². The van der Waals surface area contributed by atoms with E-state index in [1.165, 1.54) is 0 Å². The second kappa shape index (κ2) is 5.92. The van der Waals surface area contributed by atoms with E-state index in [0.29, 0.717) is 0 Å². The molecule has 20 heavy (non-hydrogen) atoms. The summed E-state index contributed by atoms with van der Waals surface area (Å²) in [5.41, 5.74) is 1.98. The van der Waals surface area contributed by atoms with Crippen LogP contribution >= 0.6 is 15.9 Å². The molecule has 3 nitrogen and oxygen atoms in total. The Morgan fingerprint density at radius 3 is 2.30 bits per heavy atom. The van der Waals surface area contributed by atoms with Crippen LogP contribution in [0.1, 0.15) is 33.5 Å². The van der Waals surface area contributed by atoms with Crippen molar-refractivity contribution in [2.24, 2.45) is 0 Å². The average molecular weight is 334 g/mol. The number of nitrogens with zero attached hydrogens (tertiary/aromatic N) is 2. The topological polar surface area (TPSA) is 37.8 Å². The maximum absolute atomic E-state index is 4.72. The third-order valence-electron chi connectivity index (χ3n) is 2.89. The molecule has 1 heterocycles. The van der Waals surface area contributed by atoms with E-state index < -0.39 is 0 Å². The lowest BCUT2D eigenvalue weighted by Crippen LogP contribution is -2.17. The first-order chi connectivity index (χ1) is 9.40. The van der Waals surface area contributed by atoms with Gasteiger partial charge in [-0.1, -0.05) is 48.8 Å². The molecule has 0 amide bonds. The fraction of sp³-hybridized carbons (Fsp3) is 0.375. The summed E-state index contributed by atoms with van der Waals surface area (Å²) in [5, 5.41) is 3.28. The number of benzene rings is 1. The second-order valence-electron chi connectivity index (χ2n) is 5.75. The summed E-state index contributed by atoms with van der Waals surface area (Å²) < 4.78 is 1.07. The Morgan fingerprint density at radius 1 is 1.10 bits per heavy atom. The van der Waals surface area contributed by atoms with Gasteiger partial charge in [-0.25, -0.2) is 9.97 Å². The number of anilines is 1. The summed E-state index contributed by atoms with van der Waals surface area (Å²) in [6.45, 7) is 9.30. The highest BCUT2D eigenvalue weighted by Gasteiger charge is 2.19. The fourth-order valence-electron chi connectivity index (χ4n) is 1.82. The number of nitrogens with one attached hydrogen (secondary N) is 1. The minimum atomic E-state index is -0.0739. The molecule has 106 valence electrons. The molecule has 0 spiro atoms. The Hall–Kier alpha value is -1.42. The number of hydrogen-bond donors (Lipinski definition) is 1. The number of hydrogen-bond acceptors (Lipinski definition) is 3. The highest BCUT2D eigenvalue weighted by molar-refractivity contribution is 9.10. The Bertz CT molecular complexity index is 586. The molecule has 2 rings (SSSR count). The van der Waals surface area contributed by atoms with Crippen LogP contribution in [0.3, 0.4) is 0 Å². The normalized spacial score (nSPS) is 11.4. The van der Waals surface area contributed by atoms with Crippen molar-refractivity contribution in [3.8, 4) is 11.3 Å². The predicted molar refractivity (Wildman–Crippen MR) is 88.0 cm³/mol. The van der Waals surface area contributed by atoms with Gasteiger partial charge in [0.15, 0.2) is 0 Å². The van der Waals surface area contributed by atoms with Gasteiger partial charge in [0.2, 0.25) is 0 Å². The van der Waals surface area contributed by atoms with E-state index in [1.807, 2.05) is 18.2 Å². The monoisotopic (exact) mass is 333 g/mol. The zero-order valence-corrected chi connectivity index (χ0v) is 14.0. The molecule has 0 aliphatic carbocycles. The summed E-state index contributed by atoms with van der Waals surface area (Å²) in [6, 6.07) is 10.2. The van der Waals surface area contributed by atoms with Crippen molar-refractivity contribution in [2.45, 2.75) is 33.1 Å². The van der Waals surface area contributed by atoms with Crippen LogP contribution < -0.4 is 5.32 Å². The zero-order chi connectivity index (χ0) is 14.8. The van der Waals surface area contributed by atoms with Gasteiger partial charge < -0.3 is 5.32 Å². The van der Waals surface area contributed by atoms with Crippen molar-refractivity contribution < 1.29 is 0 Å². The van der Waals surface area contributed by atoms with Gasteiger partial charge in [-0.05, 0) is 19.1 Å². The quantitative estimate of drug-likeness (QED) is 0.889. The van der Waals surface area contributed by atoms with Gasteiger partial charge in [0.05, 0.1) is 5.69 Å². The Kier molecular flexibility index (Phi) is 4.43. The predicted octanol–water partition coefficient (Wildman–Crippen LogP) is 4.64. The van der Waals surface area contributed by atoms with Crippen LogP contribution in [-0.2, 0) is 5.41 Å². The van der Waals surface area contributed by atoms with Crippen molar-refractivity contribution in [2.75, 3.05) is 11.9 Å². The molecule has 0 atom stereocenters. The largest absolute Gasteiger partial charge is 0.370 e. The maximum atomic E-state index is 4.72. The van der Waals surface area contributed by atoms with Crippen LogP contribution in [0.2, 0.25) is 0 Å². The molecule has 0 unspecified atom stereocenters. The van der Waals surface area contributed by atoms with Gasteiger partial charge in [0.1, 0.15) is 11.6 Å². The van der Waals surface area contributed by atoms with E-state index in [1.54, 1.807) is 0 Å². The summed E-state index contributed by atoms with van der Waals surface area (Å²) in [6.07, 6.45) is 0. The number of aromatic nitrogens is 2. The Morgan fingerprint density at radius 2 is 1.75 bits per heavy atom. The minimum Gasteiger partial charge on any atom is -0.370 e. The van der Waals surface area contributed by atoms with E-state index in [-0.39, 0.29) is 5.41 Å². The second-order valence-corrected chi connectivity index (χ2v) is 6.66. The summed E-state index contributed by atoms with van der Waals surface area (Å²) in [5.74, 6) is 1.74. The smallest absolute Gasteiger partial charge is 0.136 e. The van der Waals surface area contributed by atoms with Crippen LogP contribution in [0.4, 0.5) is 5.82 Å². The van der Waals surface area contributed by atoms with E-state index in [2.05, 4.69) is 66.1 Å². The third-order valence-corrected chi connectivity index (χ3v) is 3.42. The highest BCUT2D eigenvalue weighted by Crippen LogP contribution is 2.26. The summed E-state index contributed by atoms with van der Waals surface area (Å²) in [7, 11) is 0. The molecule has 0 fully saturated rings. The SMILES string of the molecule is CCNc1cc(-c2ccc(Br)cc2)nc(C(C)(C)C)n1. The molecule has 4 heteroatoms. The zero-order valence-electron chi connectivity index (χ0n) is 12.4. The van der Waals surface area contributed by atoms with Crippen LogP contribution in [0, 0.1) is 0 Å². The molecule has 2 aromatic rings. The van der Waals surface area contributed by atoms with Crippen molar-refractivity contribution in [1.82, 2.24) is 9.97 Å². The van der Waals surface area contributed by atoms with Crippen molar-refractivity contribution in [3.63, 3.8) is 0 Å².